The van der Waals surface area contributed by atoms with E-state index >= 15 is 0 Å². The van der Waals surface area contributed by atoms with E-state index in [0.717, 1.165) is 28.1 Å². The number of hydrogen-bond donors (Lipinski definition) is 0. The number of aromatic nitrogens is 2. The monoisotopic (exact) mass is 384 g/mol. The molecule has 1 aliphatic heterocycles. The molecule has 1 atom stereocenters. The van der Waals surface area contributed by atoms with Crippen LogP contribution in [-0.2, 0) is 16.4 Å². The van der Waals surface area contributed by atoms with Gasteiger partial charge in [0.2, 0.25) is 0 Å². The van der Waals surface area contributed by atoms with Gasteiger partial charge in [0, 0.05) is 17.7 Å². The first-order chi connectivity index (χ1) is 12.9. The Labute approximate surface area is 158 Å². The van der Waals surface area contributed by atoms with Gasteiger partial charge in [-0.05, 0) is 43.0 Å². The Kier molecular flexibility index (Phi) is 4.60. The number of imidazole rings is 1. The lowest BCUT2D eigenvalue weighted by Gasteiger charge is -2.14. The Morgan fingerprint density at radius 3 is 2.59 bits per heavy atom. The molecule has 4 rings (SSSR count). The summed E-state index contributed by atoms with van der Waals surface area (Å²) in [4.78, 5) is 4.59. The fourth-order valence-corrected chi connectivity index (χ4v) is 5.65. The second kappa shape index (κ2) is 6.93. The van der Waals surface area contributed by atoms with Gasteiger partial charge in [0.25, 0.3) is 0 Å². The first-order valence-corrected chi connectivity index (χ1v) is 10.8. The molecular weight excluding hydrogens is 363 g/mol. The summed E-state index contributed by atoms with van der Waals surface area (Å²) in [6.45, 7) is 2.42. The van der Waals surface area contributed by atoms with E-state index in [1.165, 1.54) is 12.1 Å². The Morgan fingerprint density at radius 1 is 1.15 bits per heavy atom. The summed E-state index contributed by atoms with van der Waals surface area (Å²) < 4.78 is 39.7. The maximum Gasteiger partial charge on any atom is 0.150 e. The first-order valence-electron chi connectivity index (χ1n) is 9.00. The van der Waals surface area contributed by atoms with Gasteiger partial charge in [-0.2, -0.15) is 0 Å². The zero-order valence-corrected chi connectivity index (χ0v) is 15.9. The Morgan fingerprint density at radius 2 is 1.93 bits per heavy atom. The van der Waals surface area contributed by atoms with Crippen molar-refractivity contribution in [3.8, 4) is 22.5 Å². The smallest absolute Gasteiger partial charge is 0.150 e. The highest BCUT2D eigenvalue weighted by atomic mass is 32.2. The van der Waals surface area contributed by atoms with E-state index < -0.39 is 9.84 Å². The molecule has 1 unspecified atom stereocenters. The van der Waals surface area contributed by atoms with Crippen LogP contribution < -0.4 is 0 Å². The molecule has 0 radical (unpaired) electrons. The van der Waals surface area contributed by atoms with Crippen LogP contribution in [0, 0.1) is 18.7 Å². The highest BCUT2D eigenvalue weighted by Gasteiger charge is 2.29. The molecule has 140 valence electrons. The zero-order chi connectivity index (χ0) is 19.0. The lowest BCUT2D eigenvalue weighted by molar-refractivity contribution is 0.493. The van der Waals surface area contributed by atoms with Crippen molar-refractivity contribution in [3.63, 3.8) is 0 Å². The molecule has 0 N–H and O–H groups in total. The van der Waals surface area contributed by atoms with Crippen LogP contribution in [0.5, 0.6) is 0 Å². The van der Waals surface area contributed by atoms with Crippen LogP contribution >= 0.6 is 0 Å². The van der Waals surface area contributed by atoms with Gasteiger partial charge in [-0.1, -0.05) is 30.3 Å². The second-order valence-electron chi connectivity index (χ2n) is 7.25. The van der Waals surface area contributed by atoms with E-state index in [9.17, 15) is 12.8 Å². The molecule has 0 bridgehead atoms. The predicted molar refractivity (Wildman–Crippen MR) is 105 cm³/mol. The van der Waals surface area contributed by atoms with Crippen LogP contribution in [0.4, 0.5) is 4.39 Å². The van der Waals surface area contributed by atoms with Crippen molar-refractivity contribution in [3.05, 3.63) is 66.2 Å². The Bertz CT molecular complexity index is 1050. The Balaban J connectivity index is 1.81. The summed E-state index contributed by atoms with van der Waals surface area (Å²) in [6.07, 6.45) is 2.39. The molecule has 6 heteroatoms. The number of rotatable bonds is 4. The van der Waals surface area contributed by atoms with E-state index in [-0.39, 0.29) is 23.2 Å². The van der Waals surface area contributed by atoms with E-state index in [1.54, 1.807) is 6.33 Å². The molecule has 1 aliphatic rings. The van der Waals surface area contributed by atoms with Gasteiger partial charge in [-0.15, -0.1) is 0 Å². The first kappa shape index (κ1) is 17.9. The maximum absolute atomic E-state index is 14.1. The molecule has 0 aliphatic carbocycles. The average Bonchev–Trinajstić information content (AvgIpc) is 3.18. The van der Waals surface area contributed by atoms with E-state index in [1.807, 2.05) is 47.9 Å². The minimum absolute atomic E-state index is 0.0567. The number of aryl methyl sites for hydroxylation is 1. The van der Waals surface area contributed by atoms with Gasteiger partial charge in [0.05, 0.1) is 29.2 Å². The Hall–Kier alpha value is -2.47. The second-order valence-corrected chi connectivity index (χ2v) is 9.48. The molecule has 1 aromatic heterocycles. The number of benzene rings is 2. The lowest BCUT2D eigenvalue weighted by atomic mass is 10.0. The summed E-state index contributed by atoms with van der Waals surface area (Å²) in [5.41, 5.74) is 4.15. The SMILES string of the molecule is Cc1cc(F)cc(-c2c(-c3ccccc3)ncn2CC2CCS(=O)(=O)C2)c1. The van der Waals surface area contributed by atoms with Crippen LogP contribution in [-0.4, -0.2) is 29.5 Å². The standard InChI is InChI=1S/C21H21FN2O2S/c1-15-9-18(11-19(22)10-15)21-20(17-5-3-2-4-6-17)23-14-24(21)12-16-7-8-27(25,26)13-16/h2-6,9-11,14,16H,7-8,12-13H2,1H3. The van der Waals surface area contributed by atoms with Crippen molar-refractivity contribution in [1.29, 1.82) is 0 Å². The van der Waals surface area contributed by atoms with Crippen molar-refractivity contribution in [2.24, 2.45) is 5.92 Å². The summed E-state index contributed by atoms with van der Waals surface area (Å²) in [7, 11) is -2.95. The van der Waals surface area contributed by atoms with Crippen LogP contribution in [0.25, 0.3) is 22.5 Å². The molecule has 0 spiro atoms. The summed E-state index contributed by atoms with van der Waals surface area (Å²) in [5.74, 6) is 0.209. The molecule has 1 fully saturated rings. The maximum atomic E-state index is 14.1. The fourth-order valence-electron chi connectivity index (χ4n) is 3.80. The largest absolute Gasteiger partial charge is 0.330 e. The number of nitrogens with zero attached hydrogens (tertiary/aromatic N) is 2. The van der Waals surface area contributed by atoms with Crippen LogP contribution in [0.15, 0.2) is 54.9 Å². The summed E-state index contributed by atoms with van der Waals surface area (Å²) in [5, 5.41) is 0. The average molecular weight is 384 g/mol. The lowest BCUT2D eigenvalue weighted by Crippen LogP contribution is -2.13. The molecule has 1 saturated heterocycles. The van der Waals surface area contributed by atoms with Gasteiger partial charge in [-0.3, -0.25) is 0 Å². The van der Waals surface area contributed by atoms with Gasteiger partial charge >= 0.3 is 0 Å². The van der Waals surface area contributed by atoms with Gasteiger partial charge in [0.15, 0.2) is 9.84 Å². The third-order valence-corrected chi connectivity index (χ3v) is 6.82. The molecule has 0 amide bonds. The number of hydrogen-bond acceptors (Lipinski definition) is 3. The van der Waals surface area contributed by atoms with Crippen LogP contribution in [0.3, 0.4) is 0 Å². The van der Waals surface area contributed by atoms with E-state index in [0.29, 0.717) is 13.0 Å². The van der Waals surface area contributed by atoms with Crippen molar-refractivity contribution < 1.29 is 12.8 Å². The molecule has 27 heavy (non-hydrogen) atoms. The fraction of sp³-hybridized carbons (Fsp3) is 0.286. The molecule has 2 aromatic carbocycles. The molecule has 2 heterocycles. The predicted octanol–water partition coefficient (Wildman–Crippen LogP) is 4.10. The van der Waals surface area contributed by atoms with Gasteiger partial charge in [0.1, 0.15) is 5.82 Å². The van der Waals surface area contributed by atoms with E-state index in [4.69, 9.17) is 0 Å². The van der Waals surface area contributed by atoms with Crippen LogP contribution in [0.1, 0.15) is 12.0 Å². The highest BCUT2D eigenvalue weighted by Crippen LogP contribution is 2.33. The van der Waals surface area contributed by atoms with Crippen molar-refractivity contribution in [2.75, 3.05) is 11.5 Å². The normalized spacial score (nSPS) is 18.7. The van der Waals surface area contributed by atoms with Gasteiger partial charge < -0.3 is 4.57 Å². The number of sulfone groups is 1. The van der Waals surface area contributed by atoms with E-state index in [2.05, 4.69) is 4.98 Å². The molecule has 0 saturated carbocycles. The zero-order valence-electron chi connectivity index (χ0n) is 15.1. The molecular formula is C21H21FN2O2S. The minimum Gasteiger partial charge on any atom is -0.330 e. The highest BCUT2D eigenvalue weighted by molar-refractivity contribution is 7.91. The quantitative estimate of drug-likeness (QED) is 0.680. The van der Waals surface area contributed by atoms with Crippen LogP contribution in [0.2, 0.25) is 0 Å². The summed E-state index contributed by atoms with van der Waals surface area (Å²) in [6, 6.07) is 14.7. The third kappa shape index (κ3) is 3.81. The van der Waals surface area contributed by atoms with Crippen molar-refractivity contribution >= 4 is 9.84 Å². The minimum atomic E-state index is -2.95. The topological polar surface area (TPSA) is 52.0 Å². The van der Waals surface area contributed by atoms with Gasteiger partial charge in [-0.25, -0.2) is 17.8 Å². The summed E-state index contributed by atoms with van der Waals surface area (Å²) >= 11 is 0. The number of halogens is 1. The molecule has 4 nitrogen and oxygen atoms in total. The van der Waals surface area contributed by atoms with Crippen molar-refractivity contribution in [1.82, 2.24) is 9.55 Å². The third-order valence-electron chi connectivity index (χ3n) is 4.98. The van der Waals surface area contributed by atoms with Crippen molar-refractivity contribution in [2.45, 2.75) is 19.9 Å². The molecule has 3 aromatic rings.